The highest BCUT2D eigenvalue weighted by Crippen LogP contribution is 2.51. The molecule has 3 unspecified atom stereocenters. The Hall–Kier alpha value is -3.77. The van der Waals surface area contributed by atoms with Gasteiger partial charge < -0.3 is 20.8 Å². The lowest BCUT2D eigenvalue weighted by atomic mass is 9.52. The van der Waals surface area contributed by atoms with Crippen molar-refractivity contribution in [2.75, 3.05) is 28.2 Å². The van der Waals surface area contributed by atoms with E-state index in [0.717, 1.165) is 11.0 Å². The molecule has 2 saturated carbocycles. The summed E-state index contributed by atoms with van der Waals surface area (Å²) in [6.45, 7) is 0. The van der Waals surface area contributed by atoms with Crippen molar-refractivity contribution in [3.05, 3.63) is 28.8 Å². The number of aromatic hydroxyl groups is 1. The molecule has 2 fully saturated rings. The second-order valence-corrected chi connectivity index (χ2v) is 10.3. The summed E-state index contributed by atoms with van der Waals surface area (Å²) in [4.78, 5) is 93.3. The minimum Gasteiger partial charge on any atom is -0.507 e. The number of Topliss-reactive ketones (excluding diaryl/α,β-unsaturated/α-hetero) is 5. The van der Waals surface area contributed by atoms with Gasteiger partial charge in [-0.2, -0.15) is 0 Å². The number of likely N-dealkylation sites (N-methyl/N-ethyl adjacent to an activating group) is 2. The van der Waals surface area contributed by atoms with E-state index >= 15 is 0 Å². The van der Waals surface area contributed by atoms with Crippen LogP contribution in [0.15, 0.2) is 12.1 Å². The first-order valence-electron chi connectivity index (χ1n) is 11.6. The van der Waals surface area contributed by atoms with E-state index in [0.29, 0.717) is 0 Å². The zero-order chi connectivity index (χ0) is 27.7. The van der Waals surface area contributed by atoms with Gasteiger partial charge in [-0.1, -0.05) is 0 Å². The van der Waals surface area contributed by atoms with Crippen LogP contribution in [0.5, 0.6) is 5.75 Å². The molecular formula is C25H27N3O9. The maximum atomic E-state index is 13.7. The fourth-order valence-electron chi connectivity index (χ4n) is 6.14. The quantitative estimate of drug-likeness (QED) is 0.233. The van der Waals surface area contributed by atoms with E-state index in [1.807, 2.05) is 0 Å². The number of amides is 2. The minimum absolute atomic E-state index is 0.0783. The maximum absolute atomic E-state index is 13.7. The number of benzene rings is 1. The van der Waals surface area contributed by atoms with E-state index in [1.165, 1.54) is 39.2 Å². The summed E-state index contributed by atoms with van der Waals surface area (Å²) in [5, 5.41) is 22.0. The number of aliphatic hydroxyl groups is 1. The molecule has 0 aliphatic heterocycles. The van der Waals surface area contributed by atoms with Crippen molar-refractivity contribution < 1.29 is 43.8 Å². The maximum Gasteiger partial charge on any atom is 0.294 e. The molecule has 0 bridgehead atoms. The molecule has 0 heterocycles. The lowest BCUT2D eigenvalue weighted by Gasteiger charge is -2.52. The number of fused-ring (bicyclic) bond motifs is 3. The molecule has 0 aromatic heterocycles. The van der Waals surface area contributed by atoms with Crippen molar-refractivity contribution in [1.29, 1.82) is 0 Å². The Kier molecular flexibility index (Phi) is 6.16. The van der Waals surface area contributed by atoms with Crippen molar-refractivity contribution in [3.63, 3.8) is 0 Å². The van der Waals surface area contributed by atoms with Gasteiger partial charge in [-0.05, 0) is 50.6 Å². The number of rotatable bonds is 4. The molecule has 4 rings (SSSR count). The molecule has 0 saturated heterocycles. The zero-order valence-corrected chi connectivity index (χ0v) is 20.7. The second kappa shape index (κ2) is 8.67. The first-order chi connectivity index (χ1) is 17.2. The van der Waals surface area contributed by atoms with E-state index < -0.39 is 81.8 Å². The Morgan fingerprint density at radius 2 is 1.65 bits per heavy atom. The zero-order valence-electron chi connectivity index (χ0n) is 20.7. The van der Waals surface area contributed by atoms with Gasteiger partial charge in [0.25, 0.3) is 11.7 Å². The van der Waals surface area contributed by atoms with Gasteiger partial charge in [-0.25, -0.2) is 0 Å². The number of nitrogens with zero attached hydrogens (tertiary/aromatic N) is 2. The van der Waals surface area contributed by atoms with Crippen molar-refractivity contribution in [1.82, 2.24) is 9.80 Å². The summed E-state index contributed by atoms with van der Waals surface area (Å²) in [7, 11) is 5.73. The number of hydrogen-bond acceptors (Lipinski definition) is 10. The number of primary amides is 1. The molecule has 1 aromatic carbocycles. The predicted octanol–water partition coefficient (Wildman–Crippen LogP) is -1.86. The van der Waals surface area contributed by atoms with Crippen molar-refractivity contribution >= 4 is 40.7 Å². The van der Waals surface area contributed by atoms with Gasteiger partial charge in [0.15, 0.2) is 34.7 Å². The number of carbonyl (C=O) groups is 7. The lowest BCUT2D eigenvalue weighted by molar-refractivity contribution is -0.181. The smallest absolute Gasteiger partial charge is 0.294 e. The Morgan fingerprint density at radius 3 is 2.19 bits per heavy atom. The number of nitrogens with two attached hydrogens (primary N) is 1. The average Bonchev–Trinajstić information content (AvgIpc) is 2.80. The predicted molar refractivity (Wildman–Crippen MR) is 124 cm³/mol. The molecular weight excluding hydrogens is 486 g/mol. The van der Waals surface area contributed by atoms with Crippen molar-refractivity contribution in [3.8, 4) is 5.75 Å². The molecule has 12 nitrogen and oxygen atoms in total. The number of phenols is 1. The first kappa shape index (κ1) is 26.3. The lowest BCUT2D eigenvalue weighted by Crippen LogP contribution is -2.74. The molecule has 6 atom stereocenters. The third kappa shape index (κ3) is 3.54. The van der Waals surface area contributed by atoms with Gasteiger partial charge in [0.05, 0.1) is 17.5 Å². The van der Waals surface area contributed by atoms with Crippen LogP contribution in [0.2, 0.25) is 0 Å². The summed E-state index contributed by atoms with van der Waals surface area (Å²) in [6, 6.07) is 1.05. The Morgan fingerprint density at radius 1 is 1.03 bits per heavy atom. The van der Waals surface area contributed by atoms with Crippen LogP contribution in [0.3, 0.4) is 0 Å². The van der Waals surface area contributed by atoms with Crippen LogP contribution >= 0.6 is 0 Å². The van der Waals surface area contributed by atoms with Crippen molar-refractivity contribution in [2.45, 2.75) is 24.5 Å². The van der Waals surface area contributed by atoms with Crippen LogP contribution < -0.4 is 5.73 Å². The number of phenolic OH excluding ortho intramolecular Hbond substituents is 1. The Labute approximate surface area is 211 Å². The number of carbonyl (C=O) groups excluding carboxylic acids is 7. The minimum atomic E-state index is -2.83. The first-order valence-corrected chi connectivity index (χ1v) is 11.6. The van der Waals surface area contributed by atoms with Crippen LogP contribution in [0, 0.1) is 23.7 Å². The van der Waals surface area contributed by atoms with E-state index in [2.05, 4.69) is 0 Å². The fraction of sp³-hybridized carbons (Fsp3) is 0.480. The van der Waals surface area contributed by atoms with Crippen LogP contribution in [0.4, 0.5) is 0 Å². The monoisotopic (exact) mass is 513 g/mol. The molecule has 0 spiro atoms. The number of hydrogen-bond donors (Lipinski definition) is 3. The Bertz CT molecular complexity index is 1300. The van der Waals surface area contributed by atoms with Crippen LogP contribution in [-0.2, 0) is 30.4 Å². The topological polar surface area (TPSA) is 192 Å². The highest BCUT2D eigenvalue weighted by molar-refractivity contribution is 6.43. The van der Waals surface area contributed by atoms with Gasteiger partial charge in [-0.3, -0.25) is 38.5 Å². The SMILES string of the molecule is CN(C)C(=O)C(=O)c1ccc(O)c2c1C[C@@H]1C[C@@H]3C(N(C)C)C(=O)C(C(N)=O)C(=O)[C@]3(O)C(=O)C1C2=O. The van der Waals surface area contributed by atoms with Gasteiger partial charge in [0.1, 0.15) is 5.75 Å². The standard InChI is InChI=1S/C25H27N3O9/c1-27(2)17-12-8-9-7-11-10(18(30)24(36)28(3)4)5-6-13(29)15(11)19(31)14(9)21(33)25(12,37)22(34)16(20(17)32)23(26)35/h5-6,9,12,14,16-17,29,37H,7-8H2,1-4H3,(H2,26,35)/t9-,12-,14?,16?,17?,25-/m1/s1. The van der Waals surface area contributed by atoms with E-state index in [1.54, 1.807) is 0 Å². The summed E-state index contributed by atoms with van der Waals surface area (Å²) in [5.74, 6) is -13.7. The molecule has 12 heteroatoms. The highest BCUT2D eigenvalue weighted by atomic mass is 16.3. The number of ketones is 5. The van der Waals surface area contributed by atoms with Crippen molar-refractivity contribution in [2.24, 2.45) is 29.4 Å². The molecule has 2 amide bonds. The largest absolute Gasteiger partial charge is 0.507 e. The van der Waals surface area contributed by atoms with Crippen LogP contribution in [0.25, 0.3) is 0 Å². The van der Waals surface area contributed by atoms with E-state index in [9.17, 15) is 43.8 Å². The van der Waals surface area contributed by atoms with Gasteiger partial charge >= 0.3 is 0 Å². The summed E-state index contributed by atoms with van der Waals surface area (Å²) in [6.07, 6.45) is -0.267. The summed E-state index contributed by atoms with van der Waals surface area (Å²) in [5.41, 5.74) is 2.08. The van der Waals surface area contributed by atoms with Gasteiger partial charge in [0, 0.05) is 25.6 Å². The van der Waals surface area contributed by atoms with Gasteiger partial charge in [0.2, 0.25) is 5.91 Å². The molecule has 196 valence electrons. The third-order valence-corrected chi connectivity index (χ3v) is 7.79. The second-order valence-electron chi connectivity index (χ2n) is 10.3. The molecule has 4 N–H and O–H groups in total. The van der Waals surface area contributed by atoms with Crippen LogP contribution in [-0.4, -0.2) is 101 Å². The molecule has 0 radical (unpaired) electrons. The molecule has 3 aliphatic rings. The molecule has 1 aromatic rings. The summed E-state index contributed by atoms with van der Waals surface area (Å²) >= 11 is 0. The van der Waals surface area contributed by atoms with Gasteiger partial charge in [-0.15, -0.1) is 0 Å². The summed E-state index contributed by atoms with van der Waals surface area (Å²) < 4.78 is 0. The normalized spacial score (nSPS) is 30.9. The van der Waals surface area contributed by atoms with Crippen LogP contribution in [0.1, 0.15) is 32.7 Å². The highest BCUT2D eigenvalue weighted by Gasteiger charge is 2.69. The third-order valence-electron chi connectivity index (χ3n) is 7.79. The van der Waals surface area contributed by atoms with E-state index in [4.69, 9.17) is 5.73 Å². The van der Waals surface area contributed by atoms with E-state index in [-0.39, 0.29) is 29.5 Å². The Balaban J connectivity index is 1.87. The molecule has 37 heavy (non-hydrogen) atoms. The average molecular weight is 514 g/mol. The fourth-order valence-corrected chi connectivity index (χ4v) is 6.14. The molecule has 3 aliphatic carbocycles.